The Morgan fingerprint density at radius 1 is 0.515 bits per heavy atom. The molecule has 0 amide bonds. The summed E-state index contributed by atoms with van der Waals surface area (Å²) in [5.41, 5.74) is 3.49. The quantitative estimate of drug-likeness (QED) is 0.287. The molecule has 0 saturated heterocycles. The van der Waals surface area contributed by atoms with Gasteiger partial charge in [-0.15, -0.1) is 0 Å². The summed E-state index contributed by atoms with van der Waals surface area (Å²) in [5, 5.41) is 0. The van der Waals surface area contributed by atoms with E-state index in [-0.39, 0.29) is 30.2 Å². The summed E-state index contributed by atoms with van der Waals surface area (Å²) in [6.45, 7) is 11.8. The second-order valence-electron chi connectivity index (χ2n) is 7.66. The summed E-state index contributed by atoms with van der Waals surface area (Å²) in [6.07, 6.45) is -4.40. The van der Waals surface area contributed by atoms with Crippen LogP contribution in [0.25, 0.3) is 0 Å². The second kappa shape index (κ2) is 12.5. The monoisotopic (exact) mass is 470 g/mol. The zero-order valence-corrected chi connectivity index (χ0v) is 19.3. The van der Waals surface area contributed by atoms with Crippen molar-refractivity contribution in [2.24, 2.45) is 0 Å². The molecule has 0 nitrogen and oxygen atoms in total. The van der Waals surface area contributed by atoms with Gasteiger partial charge in [-0.3, -0.25) is 0 Å². The maximum Gasteiger partial charge on any atom is 0.416 e. The molecule has 0 N–H and O–H groups in total. The third-order valence-corrected chi connectivity index (χ3v) is 5.42. The fourth-order valence-corrected chi connectivity index (χ4v) is 2.73. The van der Waals surface area contributed by atoms with Crippen molar-refractivity contribution >= 4 is 0 Å². The van der Waals surface area contributed by atoms with Crippen molar-refractivity contribution in [1.82, 2.24) is 0 Å². The van der Waals surface area contributed by atoms with Gasteiger partial charge in [-0.25, -0.2) is 13.2 Å². The normalized spacial score (nSPS) is 10.3. The highest BCUT2D eigenvalue weighted by Gasteiger charge is 2.33. The molecule has 3 aromatic rings. The largest absolute Gasteiger partial charge is 0.416 e. The van der Waals surface area contributed by atoms with Crippen molar-refractivity contribution in [2.75, 3.05) is 0 Å². The number of rotatable bonds is 0. The maximum atomic E-state index is 13.0. The first-order chi connectivity index (χ1) is 14.7. The Morgan fingerprint density at radius 2 is 1.00 bits per heavy atom. The number of hydrogen-bond acceptors (Lipinski definition) is 0. The average Bonchev–Trinajstić information content (AvgIpc) is 2.71. The van der Waals surface area contributed by atoms with Gasteiger partial charge in [0, 0.05) is 0 Å². The number of hydrogen-bond donors (Lipinski definition) is 0. The number of aryl methyl sites for hydroxylation is 3. The molecule has 0 atom stereocenters. The molecule has 0 aliphatic rings. The van der Waals surface area contributed by atoms with E-state index in [2.05, 4.69) is 0 Å². The molecular formula is C27H32F6. The summed E-state index contributed by atoms with van der Waals surface area (Å²) in [7, 11) is 0. The first-order valence-corrected chi connectivity index (χ1v) is 9.95. The fraction of sp³-hybridized carbons (Fsp3) is 0.333. The van der Waals surface area contributed by atoms with Gasteiger partial charge in [0.2, 0.25) is 0 Å². The van der Waals surface area contributed by atoms with Gasteiger partial charge in [0.1, 0.15) is 17.5 Å². The molecule has 0 bridgehead atoms. The van der Waals surface area contributed by atoms with Gasteiger partial charge in [-0.1, -0.05) is 31.7 Å². The van der Waals surface area contributed by atoms with Crippen molar-refractivity contribution in [3.05, 3.63) is 104 Å². The van der Waals surface area contributed by atoms with Gasteiger partial charge in [-0.2, -0.15) is 13.2 Å². The first kappa shape index (κ1) is 30.2. The van der Waals surface area contributed by atoms with Crippen molar-refractivity contribution < 1.29 is 26.3 Å². The molecule has 3 aromatic carbocycles. The van der Waals surface area contributed by atoms with E-state index in [0.29, 0.717) is 0 Å². The lowest BCUT2D eigenvalue weighted by Gasteiger charge is -2.12. The van der Waals surface area contributed by atoms with Crippen molar-refractivity contribution in [2.45, 2.75) is 62.1 Å². The van der Waals surface area contributed by atoms with E-state index in [1.807, 2.05) is 26.0 Å². The van der Waals surface area contributed by atoms with E-state index in [9.17, 15) is 26.3 Å². The van der Waals surface area contributed by atoms with Crippen LogP contribution in [0.1, 0.15) is 51.9 Å². The Hall–Kier alpha value is -2.76. The minimum atomic E-state index is -4.40. The summed E-state index contributed by atoms with van der Waals surface area (Å²) >= 11 is 0. The Labute approximate surface area is 193 Å². The van der Waals surface area contributed by atoms with Gasteiger partial charge in [0.15, 0.2) is 0 Å². The highest BCUT2D eigenvalue weighted by Crippen LogP contribution is 2.33. The van der Waals surface area contributed by atoms with Gasteiger partial charge in [-0.05, 0) is 106 Å². The predicted octanol–water partition coefficient (Wildman–Crippen LogP) is 9.29. The van der Waals surface area contributed by atoms with E-state index in [1.165, 1.54) is 19.9 Å². The topological polar surface area (TPSA) is 0 Å². The smallest absolute Gasteiger partial charge is 0.207 e. The molecule has 0 saturated carbocycles. The minimum absolute atomic E-state index is 0. The molecule has 182 valence electrons. The predicted molar refractivity (Wildman–Crippen MR) is 124 cm³/mol. The highest BCUT2D eigenvalue weighted by molar-refractivity contribution is 5.36. The fourth-order valence-electron chi connectivity index (χ4n) is 2.73. The first-order valence-electron chi connectivity index (χ1n) is 9.95. The lowest BCUT2D eigenvalue weighted by atomic mass is 10.0. The molecule has 0 spiro atoms. The number of halogens is 6. The van der Waals surface area contributed by atoms with Crippen molar-refractivity contribution in [1.29, 1.82) is 0 Å². The zero-order valence-electron chi connectivity index (χ0n) is 19.3. The number of benzene rings is 3. The molecule has 0 fully saturated rings. The molecule has 0 heterocycles. The molecular weight excluding hydrogens is 438 g/mol. The van der Waals surface area contributed by atoms with Crippen LogP contribution in [0.15, 0.2) is 42.5 Å². The summed E-state index contributed by atoms with van der Waals surface area (Å²) in [4.78, 5) is 0. The van der Waals surface area contributed by atoms with E-state index in [1.54, 1.807) is 32.9 Å². The van der Waals surface area contributed by atoms with Crippen LogP contribution in [0.2, 0.25) is 0 Å². The van der Waals surface area contributed by atoms with E-state index < -0.39 is 17.6 Å². The molecule has 0 unspecified atom stereocenters. The summed E-state index contributed by atoms with van der Waals surface area (Å²) in [6, 6.07) is 10.4. The second-order valence-corrected chi connectivity index (χ2v) is 7.66. The molecule has 0 aliphatic heterocycles. The van der Waals surface area contributed by atoms with Crippen LogP contribution in [0.5, 0.6) is 0 Å². The lowest BCUT2D eigenvalue weighted by molar-refractivity contribution is -0.138. The molecule has 0 aromatic heterocycles. The molecule has 0 radical (unpaired) electrons. The van der Waals surface area contributed by atoms with Crippen LogP contribution in [0.4, 0.5) is 26.3 Å². The van der Waals surface area contributed by atoms with Gasteiger partial charge in [0.05, 0.1) is 5.56 Å². The Morgan fingerprint density at radius 3 is 1.45 bits per heavy atom. The van der Waals surface area contributed by atoms with Gasteiger partial charge >= 0.3 is 6.18 Å². The van der Waals surface area contributed by atoms with Crippen LogP contribution < -0.4 is 0 Å². The van der Waals surface area contributed by atoms with Crippen LogP contribution in [0.3, 0.4) is 0 Å². The average molecular weight is 471 g/mol. The van der Waals surface area contributed by atoms with Crippen LogP contribution in [-0.4, -0.2) is 0 Å². The van der Waals surface area contributed by atoms with Crippen LogP contribution in [-0.2, 0) is 6.18 Å². The minimum Gasteiger partial charge on any atom is -0.207 e. The Bertz CT molecular complexity index is 1020. The standard InChI is InChI=1S/C9H8F4.C9H11F.C8H9F.CH4/c1-5-6(2)8(10)4-3-7(5)9(11,12)13;1-6-4-5-7(2)9(10)8(6)3;1-6-4-3-5-8(9)7(6)2;/h3-4H,1-2H3;4-5H,1-3H3;3-5H,1-2H3;1H4. The Kier molecular flexibility index (Phi) is 11.4. The number of alkyl halides is 3. The third kappa shape index (κ3) is 8.26. The van der Waals surface area contributed by atoms with Gasteiger partial charge < -0.3 is 0 Å². The summed E-state index contributed by atoms with van der Waals surface area (Å²) < 4.78 is 75.1. The zero-order chi connectivity index (χ0) is 24.8. The van der Waals surface area contributed by atoms with Gasteiger partial charge in [0.25, 0.3) is 0 Å². The maximum absolute atomic E-state index is 13.0. The SMILES string of the molecule is C.Cc1c(F)ccc(C(F)(F)F)c1C.Cc1ccc(C)c(F)c1C.Cc1cccc(F)c1C. The van der Waals surface area contributed by atoms with E-state index in [0.717, 1.165) is 39.9 Å². The molecule has 0 aliphatic carbocycles. The van der Waals surface area contributed by atoms with E-state index in [4.69, 9.17) is 0 Å². The van der Waals surface area contributed by atoms with Crippen LogP contribution >= 0.6 is 0 Å². The lowest BCUT2D eigenvalue weighted by Crippen LogP contribution is -2.09. The van der Waals surface area contributed by atoms with Crippen molar-refractivity contribution in [3.8, 4) is 0 Å². The van der Waals surface area contributed by atoms with E-state index >= 15 is 0 Å². The Balaban J connectivity index is 0.000000467. The third-order valence-electron chi connectivity index (χ3n) is 5.42. The highest BCUT2D eigenvalue weighted by atomic mass is 19.4. The molecule has 33 heavy (non-hydrogen) atoms. The van der Waals surface area contributed by atoms with Crippen molar-refractivity contribution in [3.63, 3.8) is 0 Å². The summed E-state index contributed by atoms with van der Waals surface area (Å²) in [5.74, 6) is -0.791. The molecule has 3 rings (SSSR count). The van der Waals surface area contributed by atoms with Crippen LogP contribution in [0, 0.1) is 65.9 Å². The molecule has 6 heteroatoms.